The van der Waals surface area contributed by atoms with E-state index in [4.69, 9.17) is 0 Å². The molecule has 33 heavy (non-hydrogen) atoms. The molecule has 192 valence electrons. The van der Waals surface area contributed by atoms with Gasteiger partial charge in [-0.25, -0.2) is 0 Å². The Bertz CT molecular complexity index is 831. The number of aliphatic hydroxyl groups is 1. The molecular formula is C16H11F15O2. The number of rotatable bonds is 9. The molecule has 0 aliphatic carbocycles. The van der Waals surface area contributed by atoms with Gasteiger partial charge >= 0.3 is 41.7 Å². The molecule has 0 amide bonds. The van der Waals surface area contributed by atoms with Gasteiger partial charge in [0.2, 0.25) is 0 Å². The fraction of sp³-hybridized carbons (Fsp3) is 0.625. The number of ether oxygens (including phenoxy) is 1. The smallest absolute Gasteiger partial charge is 0.460 e. The number of hydrogen-bond donors (Lipinski definition) is 1. The predicted octanol–water partition coefficient (Wildman–Crippen LogP) is 6.49. The third-order valence-electron chi connectivity index (χ3n) is 4.34. The van der Waals surface area contributed by atoms with E-state index < -0.39 is 65.5 Å². The van der Waals surface area contributed by atoms with Crippen molar-refractivity contribution in [1.82, 2.24) is 0 Å². The highest BCUT2D eigenvalue weighted by atomic mass is 19.4. The van der Waals surface area contributed by atoms with Gasteiger partial charge in [-0.2, -0.15) is 65.9 Å². The lowest BCUT2D eigenvalue weighted by Crippen LogP contribution is -2.72. The Labute approximate surface area is 173 Å². The first kappa shape index (κ1) is 29.0. The minimum Gasteiger partial charge on any atom is -0.496 e. The molecule has 0 aliphatic rings. The lowest BCUT2D eigenvalue weighted by molar-refractivity contribution is -0.453. The molecule has 17 heteroatoms. The van der Waals surface area contributed by atoms with Crippen LogP contribution in [0.25, 0.3) is 0 Å². The van der Waals surface area contributed by atoms with Gasteiger partial charge in [-0.1, -0.05) is 18.2 Å². The van der Waals surface area contributed by atoms with E-state index in [1.54, 1.807) is 0 Å². The molecule has 0 aliphatic heterocycles. The normalized spacial score (nSPS) is 16.0. The highest BCUT2D eigenvalue weighted by Crippen LogP contribution is 2.63. The zero-order valence-electron chi connectivity index (χ0n) is 15.6. The highest BCUT2D eigenvalue weighted by molar-refractivity contribution is 5.35. The quantitative estimate of drug-likeness (QED) is 0.378. The highest BCUT2D eigenvalue weighted by Gasteiger charge is 2.93. The van der Waals surface area contributed by atoms with Crippen LogP contribution in [-0.4, -0.2) is 53.9 Å². The maximum atomic E-state index is 13.9. The largest absolute Gasteiger partial charge is 0.496 e. The summed E-state index contributed by atoms with van der Waals surface area (Å²) in [5, 5.41) is 9.65. The number of para-hydroxylation sites is 1. The van der Waals surface area contributed by atoms with Crippen LogP contribution in [0.4, 0.5) is 65.9 Å². The second kappa shape index (κ2) is 8.30. The summed E-state index contributed by atoms with van der Waals surface area (Å²) in [6.45, 7) is 0. The standard InChI is InChI=1S/C16H11F15O2/c1-33-9-5-3-2-4-7(9)8(32)6-10(17,18)11(19,20)12(21,22)13(23,24)14(25,26)15(27,28)16(29,30)31/h2-5,8,32H,6H2,1H3. The van der Waals surface area contributed by atoms with E-state index in [0.29, 0.717) is 0 Å². The van der Waals surface area contributed by atoms with Gasteiger partial charge in [0.05, 0.1) is 13.2 Å². The molecule has 1 atom stereocenters. The van der Waals surface area contributed by atoms with Gasteiger partial charge in [0.1, 0.15) is 5.75 Å². The summed E-state index contributed by atoms with van der Waals surface area (Å²) in [6.07, 6.45) is -13.4. The Kier molecular flexibility index (Phi) is 7.29. The summed E-state index contributed by atoms with van der Waals surface area (Å²) < 4.78 is 202. The Hall–Kier alpha value is -2.07. The van der Waals surface area contributed by atoms with Gasteiger partial charge in [-0.05, 0) is 6.07 Å². The van der Waals surface area contributed by atoms with Gasteiger partial charge in [0, 0.05) is 12.0 Å². The van der Waals surface area contributed by atoms with E-state index in [1.807, 2.05) is 0 Å². The van der Waals surface area contributed by atoms with Crippen molar-refractivity contribution in [2.24, 2.45) is 0 Å². The van der Waals surface area contributed by atoms with Crippen molar-refractivity contribution in [2.45, 2.75) is 54.2 Å². The van der Waals surface area contributed by atoms with Gasteiger partial charge < -0.3 is 9.84 Å². The third kappa shape index (κ3) is 4.27. The van der Waals surface area contributed by atoms with E-state index in [0.717, 1.165) is 31.4 Å². The van der Waals surface area contributed by atoms with Crippen LogP contribution in [0.15, 0.2) is 24.3 Å². The molecule has 0 saturated heterocycles. The Morgan fingerprint density at radius 2 is 1.06 bits per heavy atom. The molecule has 0 spiro atoms. The van der Waals surface area contributed by atoms with Gasteiger partial charge in [0.25, 0.3) is 0 Å². The zero-order valence-corrected chi connectivity index (χ0v) is 15.6. The summed E-state index contributed by atoms with van der Waals surface area (Å²) in [5.41, 5.74) is -0.792. The molecule has 2 nitrogen and oxygen atoms in total. The third-order valence-corrected chi connectivity index (χ3v) is 4.34. The summed E-state index contributed by atoms with van der Waals surface area (Å²) in [7, 11) is 0.871. The zero-order chi connectivity index (χ0) is 26.5. The number of benzene rings is 1. The molecule has 0 bridgehead atoms. The van der Waals surface area contributed by atoms with Crippen LogP contribution in [-0.2, 0) is 0 Å². The van der Waals surface area contributed by atoms with Crippen LogP contribution < -0.4 is 4.74 Å². The lowest BCUT2D eigenvalue weighted by atomic mass is 9.88. The van der Waals surface area contributed by atoms with Crippen molar-refractivity contribution in [1.29, 1.82) is 0 Å². The molecule has 1 aromatic carbocycles. The number of hydrogen-bond acceptors (Lipinski definition) is 2. The van der Waals surface area contributed by atoms with Gasteiger partial charge in [0.15, 0.2) is 0 Å². The van der Waals surface area contributed by atoms with Crippen LogP contribution in [0.1, 0.15) is 18.1 Å². The van der Waals surface area contributed by atoms with E-state index in [-0.39, 0.29) is 0 Å². The Morgan fingerprint density at radius 3 is 1.48 bits per heavy atom. The first-order valence-electron chi connectivity index (χ1n) is 8.08. The molecule has 0 aromatic heterocycles. The van der Waals surface area contributed by atoms with E-state index in [1.165, 1.54) is 0 Å². The van der Waals surface area contributed by atoms with Crippen LogP contribution in [0.2, 0.25) is 0 Å². The molecule has 0 fully saturated rings. The van der Waals surface area contributed by atoms with Gasteiger partial charge in [-0.3, -0.25) is 0 Å². The maximum Gasteiger partial charge on any atom is 0.460 e. The molecule has 1 N–H and O–H groups in total. The first-order chi connectivity index (χ1) is 14.4. The molecule has 1 unspecified atom stereocenters. The van der Waals surface area contributed by atoms with E-state index in [2.05, 4.69) is 4.74 Å². The van der Waals surface area contributed by atoms with Crippen molar-refractivity contribution in [3.05, 3.63) is 29.8 Å². The first-order valence-corrected chi connectivity index (χ1v) is 8.08. The molecule has 0 radical (unpaired) electrons. The van der Waals surface area contributed by atoms with Crippen LogP contribution in [0.3, 0.4) is 0 Å². The number of halogens is 15. The number of alkyl halides is 15. The topological polar surface area (TPSA) is 29.5 Å². The summed E-state index contributed by atoms with van der Waals surface area (Å²) in [4.78, 5) is 0. The van der Waals surface area contributed by atoms with Gasteiger partial charge in [-0.15, -0.1) is 0 Å². The molecule has 1 aromatic rings. The molecule has 1 rings (SSSR count). The molecular weight excluding hydrogens is 509 g/mol. The monoisotopic (exact) mass is 520 g/mol. The number of methoxy groups -OCH3 is 1. The molecule has 0 heterocycles. The van der Waals surface area contributed by atoms with Crippen molar-refractivity contribution >= 4 is 0 Å². The predicted molar refractivity (Wildman–Crippen MR) is 78.3 cm³/mol. The number of aliphatic hydroxyl groups excluding tert-OH is 1. The second-order valence-corrected chi connectivity index (χ2v) is 6.54. The average molecular weight is 520 g/mol. The minimum atomic E-state index is -8.36. The van der Waals surface area contributed by atoms with Crippen molar-refractivity contribution in [3.63, 3.8) is 0 Å². The molecule has 0 saturated carbocycles. The Morgan fingerprint density at radius 1 is 0.667 bits per heavy atom. The fourth-order valence-electron chi connectivity index (χ4n) is 2.42. The summed E-state index contributed by atoms with van der Waals surface area (Å²) in [6, 6.07) is 3.80. The summed E-state index contributed by atoms with van der Waals surface area (Å²) >= 11 is 0. The van der Waals surface area contributed by atoms with Crippen LogP contribution in [0, 0.1) is 0 Å². The lowest BCUT2D eigenvalue weighted by Gasteiger charge is -2.41. The van der Waals surface area contributed by atoms with E-state index >= 15 is 0 Å². The van der Waals surface area contributed by atoms with Crippen molar-refractivity contribution in [3.8, 4) is 5.75 Å². The Balaban J connectivity index is 3.48. The maximum absolute atomic E-state index is 13.9. The van der Waals surface area contributed by atoms with Crippen molar-refractivity contribution in [2.75, 3.05) is 7.11 Å². The SMILES string of the molecule is COc1ccccc1C(O)CC(F)(F)C(F)(F)C(F)(F)C(F)(F)C(F)(F)C(F)(F)C(F)(F)F. The van der Waals surface area contributed by atoms with Crippen LogP contribution in [0.5, 0.6) is 5.75 Å². The van der Waals surface area contributed by atoms with Crippen molar-refractivity contribution < 1.29 is 75.7 Å². The minimum absolute atomic E-state index is 0.502. The summed E-state index contributed by atoms with van der Waals surface area (Å²) in [5.74, 6) is -47.6. The van der Waals surface area contributed by atoms with Crippen LogP contribution >= 0.6 is 0 Å². The van der Waals surface area contributed by atoms with E-state index in [9.17, 15) is 71.0 Å². The average Bonchev–Trinajstić information content (AvgIpc) is 2.65. The fourth-order valence-corrected chi connectivity index (χ4v) is 2.42. The second-order valence-electron chi connectivity index (χ2n) is 6.54.